The summed E-state index contributed by atoms with van der Waals surface area (Å²) in [5, 5.41) is 11.0. The van der Waals surface area contributed by atoms with Gasteiger partial charge in [-0.25, -0.2) is 4.98 Å². The number of rotatable bonds is 6. The monoisotopic (exact) mass is 465 g/mol. The molecule has 3 aromatic rings. The summed E-state index contributed by atoms with van der Waals surface area (Å²) in [6.45, 7) is 11.1. The Labute approximate surface area is 197 Å². The zero-order chi connectivity index (χ0) is 20.4. The first kappa shape index (κ1) is 25.5. The van der Waals surface area contributed by atoms with E-state index in [2.05, 4.69) is 47.1 Å². The summed E-state index contributed by atoms with van der Waals surface area (Å²) in [5.41, 5.74) is 3.55. The van der Waals surface area contributed by atoms with Gasteiger partial charge < -0.3 is 19.3 Å². The maximum atomic E-state index is 9.95. The molecule has 0 radical (unpaired) electrons. The van der Waals surface area contributed by atoms with Crippen molar-refractivity contribution in [1.29, 1.82) is 0 Å². The molecule has 0 atom stereocenters. The summed E-state index contributed by atoms with van der Waals surface area (Å²) in [4.78, 5) is 9.82. The van der Waals surface area contributed by atoms with Crippen LogP contribution in [0.4, 0.5) is 5.82 Å². The number of likely N-dealkylation sites (N-methyl/N-ethyl adjacent to an activating group) is 1. The second-order valence-corrected chi connectivity index (χ2v) is 8.60. The number of benzene rings is 1. The number of halogens is 2. The number of aryl methyl sites for hydroxylation is 1. The van der Waals surface area contributed by atoms with Crippen LogP contribution in [0.15, 0.2) is 47.1 Å². The minimum atomic E-state index is -0.636. The third kappa shape index (κ3) is 6.13. The van der Waals surface area contributed by atoms with Crippen LogP contribution >= 0.6 is 24.8 Å². The first-order valence-corrected chi connectivity index (χ1v) is 10.6. The predicted octanol–water partition coefficient (Wildman–Crippen LogP) is 5.18. The second-order valence-electron chi connectivity index (χ2n) is 8.60. The summed E-state index contributed by atoms with van der Waals surface area (Å²) >= 11 is 0. The van der Waals surface area contributed by atoms with Gasteiger partial charge in [0.1, 0.15) is 0 Å². The molecule has 0 bridgehead atoms. The van der Waals surface area contributed by atoms with Crippen molar-refractivity contribution in [2.45, 2.75) is 39.2 Å². The molecule has 1 aliphatic heterocycles. The van der Waals surface area contributed by atoms with Crippen molar-refractivity contribution in [3.05, 3.63) is 48.2 Å². The van der Waals surface area contributed by atoms with Crippen molar-refractivity contribution in [3.63, 3.8) is 0 Å². The van der Waals surface area contributed by atoms with E-state index in [-0.39, 0.29) is 24.8 Å². The summed E-state index contributed by atoms with van der Waals surface area (Å²) < 4.78 is 5.79. The predicted molar refractivity (Wildman–Crippen MR) is 133 cm³/mol. The van der Waals surface area contributed by atoms with Crippen molar-refractivity contribution in [3.8, 4) is 11.3 Å². The van der Waals surface area contributed by atoms with E-state index in [0.717, 1.165) is 73.6 Å². The van der Waals surface area contributed by atoms with Crippen LogP contribution in [0.25, 0.3) is 22.2 Å². The molecule has 1 aromatic carbocycles. The molecule has 1 N–H and O–H groups in total. The molecule has 31 heavy (non-hydrogen) atoms. The van der Waals surface area contributed by atoms with Crippen molar-refractivity contribution in [2.75, 3.05) is 37.6 Å². The Morgan fingerprint density at radius 1 is 1.03 bits per heavy atom. The Morgan fingerprint density at radius 2 is 1.71 bits per heavy atom. The lowest BCUT2D eigenvalue weighted by molar-refractivity contribution is 0.0714. The number of hydrogen-bond acceptors (Lipinski definition) is 5. The van der Waals surface area contributed by atoms with Crippen molar-refractivity contribution in [2.24, 2.45) is 0 Å². The van der Waals surface area contributed by atoms with Gasteiger partial charge in [0.15, 0.2) is 11.4 Å². The number of piperazine rings is 1. The number of nitrogens with zero attached hydrogens (tertiary/aromatic N) is 3. The Bertz CT molecular complexity index is 959. The fourth-order valence-corrected chi connectivity index (χ4v) is 3.89. The molecule has 3 heterocycles. The topological polar surface area (TPSA) is 52.7 Å². The molecule has 1 aliphatic rings. The van der Waals surface area contributed by atoms with Crippen LogP contribution in [0.5, 0.6) is 0 Å². The summed E-state index contributed by atoms with van der Waals surface area (Å²) in [7, 11) is 0. The summed E-state index contributed by atoms with van der Waals surface area (Å²) in [6, 6.07) is 12.7. The highest BCUT2D eigenvalue weighted by Gasteiger charge is 2.21. The molecule has 0 unspecified atom stereocenters. The molecule has 5 nitrogen and oxygen atoms in total. The molecule has 0 saturated carbocycles. The molecule has 7 heteroatoms. The molecule has 1 saturated heterocycles. The zero-order valence-electron chi connectivity index (χ0n) is 18.5. The van der Waals surface area contributed by atoms with Gasteiger partial charge in [-0.3, -0.25) is 0 Å². The zero-order valence-corrected chi connectivity index (χ0v) is 20.1. The molecule has 0 aliphatic carbocycles. The number of fused-ring (bicyclic) bond motifs is 1. The third-order valence-corrected chi connectivity index (χ3v) is 5.81. The van der Waals surface area contributed by atoms with Crippen LogP contribution < -0.4 is 4.90 Å². The van der Waals surface area contributed by atoms with E-state index in [4.69, 9.17) is 9.40 Å². The Balaban J connectivity index is 0.00000171. The van der Waals surface area contributed by atoms with Crippen molar-refractivity contribution >= 4 is 41.6 Å². The Kier molecular flexibility index (Phi) is 8.78. The van der Waals surface area contributed by atoms with E-state index in [0.29, 0.717) is 0 Å². The van der Waals surface area contributed by atoms with Crippen molar-refractivity contribution in [1.82, 2.24) is 9.88 Å². The molecule has 2 aromatic heterocycles. The highest BCUT2D eigenvalue weighted by molar-refractivity contribution is 5.90. The van der Waals surface area contributed by atoms with Crippen LogP contribution in [-0.2, 0) is 6.42 Å². The van der Waals surface area contributed by atoms with Crippen LogP contribution in [-0.4, -0.2) is 53.3 Å². The minimum absolute atomic E-state index is 0. The van der Waals surface area contributed by atoms with E-state index in [1.54, 1.807) is 6.26 Å². The van der Waals surface area contributed by atoms with Gasteiger partial charge in [-0.2, -0.15) is 0 Å². The van der Waals surface area contributed by atoms with E-state index in [9.17, 15) is 5.11 Å². The highest BCUT2D eigenvalue weighted by atomic mass is 35.5. The molecule has 0 amide bonds. The van der Waals surface area contributed by atoms with E-state index in [1.807, 2.05) is 19.9 Å². The fraction of sp³-hybridized carbons (Fsp3) is 0.458. The maximum Gasteiger partial charge on any atom is 0.176 e. The quantitative estimate of drug-likeness (QED) is 0.542. The molecule has 4 rings (SSSR count). The Hall–Kier alpha value is -1.79. The largest absolute Gasteiger partial charge is 0.460 e. The SMILES string of the molecule is CCN1CCN(c2nc(-c3ccc(CCC(C)(C)O)cc3)cc3ccoc23)CC1.Cl.Cl. The van der Waals surface area contributed by atoms with Gasteiger partial charge in [-0.05, 0) is 50.9 Å². The van der Waals surface area contributed by atoms with E-state index < -0.39 is 5.60 Å². The van der Waals surface area contributed by atoms with Crippen LogP contribution in [0.2, 0.25) is 0 Å². The molecular weight excluding hydrogens is 433 g/mol. The van der Waals surface area contributed by atoms with E-state index >= 15 is 0 Å². The third-order valence-electron chi connectivity index (χ3n) is 5.81. The number of aromatic nitrogens is 1. The van der Waals surface area contributed by atoms with Crippen LogP contribution in [0.1, 0.15) is 32.8 Å². The first-order chi connectivity index (χ1) is 13.9. The maximum absolute atomic E-state index is 9.95. The number of hydrogen-bond donors (Lipinski definition) is 1. The molecule has 170 valence electrons. The average Bonchev–Trinajstić information content (AvgIpc) is 3.20. The number of aliphatic hydroxyl groups is 1. The highest BCUT2D eigenvalue weighted by Crippen LogP contribution is 2.31. The number of anilines is 1. The fourth-order valence-electron chi connectivity index (χ4n) is 3.89. The number of furan rings is 1. The smallest absolute Gasteiger partial charge is 0.176 e. The van der Waals surface area contributed by atoms with Gasteiger partial charge in [0, 0.05) is 37.1 Å². The lowest BCUT2D eigenvalue weighted by Crippen LogP contribution is -2.46. The van der Waals surface area contributed by atoms with E-state index in [1.165, 1.54) is 5.56 Å². The number of pyridine rings is 1. The molecule has 1 fully saturated rings. The van der Waals surface area contributed by atoms with Crippen LogP contribution in [0.3, 0.4) is 0 Å². The molecular formula is C24H33Cl2N3O2. The average molecular weight is 466 g/mol. The van der Waals surface area contributed by atoms with Gasteiger partial charge in [0.05, 0.1) is 17.6 Å². The standard InChI is InChI=1S/C24H31N3O2.2ClH/c1-4-26-12-14-27(15-13-26)23-22-20(10-16-29-22)17-21(25-23)19-7-5-18(6-8-19)9-11-24(2,3)28;;/h5-8,10,16-17,28H,4,9,11-15H2,1-3H3;2*1H. The van der Waals surface area contributed by atoms with Crippen molar-refractivity contribution < 1.29 is 9.52 Å². The normalized spacial score (nSPS) is 14.9. The van der Waals surface area contributed by atoms with Gasteiger partial charge >= 0.3 is 0 Å². The first-order valence-electron chi connectivity index (χ1n) is 10.6. The van der Waals surface area contributed by atoms with Gasteiger partial charge in [-0.1, -0.05) is 31.2 Å². The summed E-state index contributed by atoms with van der Waals surface area (Å²) in [5.74, 6) is 0.948. The lowest BCUT2D eigenvalue weighted by atomic mass is 9.98. The van der Waals surface area contributed by atoms with Gasteiger partial charge in [-0.15, -0.1) is 24.8 Å². The summed E-state index contributed by atoms with van der Waals surface area (Å²) in [6.07, 6.45) is 3.37. The molecule has 0 spiro atoms. The van der Waals surface area contributed by atoms with Crippen LogP contribution in [0, 0.1) is 0 Å². The van der Waals surface area contributed by atoms with Gasteiger partial charge in [0.2, 0.25) is 0 Å². The Morgan fingerprint density at radius 3 is 2.32 bits per heavy atom. The lowest BCUT2D eigenvalue weighted by Gasteiger charge is -2.34. The second kappa shape index (κ2) is 10.7. The minimum Gasteiger partial charge on any atom is -0.460 e. The van der Waals surface area contributed by atoms with Gasteiger partial charge in [0.25, 0.3) is 0 Å².